The molecule has 1 N–H and O–H groups in total. The summed E-state index contributed by atoms with van der Waals surface area (Å²) in [5, 5.41) is 2.34. The first kappa shape index (κ1) is 22.0. The fraction of sp³-hybridized carbons (Fsp3) is 0.211. The van der Waals surface area contributed by atoms with E-state index < -0.39 is 53.5 Å². The molecule has 1 aromatic rings. The van der Waals surface area contributed by atoms with E-state index in [9.17, 15) is 35.9 Å². The van der Waals surface area contributed by atoms with Crippen molar-refractivity contribution in [3.05, 3.63) is 65.4 Å². The Bertz CT molecular complexity index is 1060. The third-order valence-corrected chi connectivity index (χ3v) is 4.06. The molecule has 2 amide bonds. The van der Waals surface area contributed by atoms with Gasteiger partial charge in [0.25, 0.3) is 5.91 Å². The maximum Gasteiger partial charge on any atom is 0.433 e. The van der Waals surface area contributed by atoms with Crippen LogP contribution in [0.15, 0.2) is 64.7 Å². The van der Waals surface area contributed by atoms with Gasteiger partial charge in [0.15, 0.2) is 0 Å². The number of aromatic nitrogens is 1. The van der Waals surface area contributed by atoms with Gasteiger partial charge in [0.1, 0.15) is 17.2 Å². The summed E-state index contributed by atoms with van der Waals surface area (Å²) in [5.74, 6) is -1.24. The maximum absolute atomic E-state index is 13.1. The molecule has 31 heavy (non-hydrogen) atoms. The summed E-state index contributed by atoms with van der Waals surface area (Å²) in [6, 6.07) is 1.47. The highest BCUT2D eigenvalue weighted by molar-refractivity contribution is 5.98. The van der Waals surface area contributed by atoms with E-state index in [1.807, 2.05) is 0 Å². The average molecular weight is 443 g/mol. The van der Waals surface area contributed by atoms with E-state index in [0.717, 1.165) is 18.2 Å². The Kier molecular flexibility index (Phi) is 5.85. The Morgan fingerprint density at radius 1 is 1.13 bits per heavy atom. The van der Waals surface area contributed by atoms with Crippen molar-refractivity contribution in [1.29, 1.82) is 0 Å². The van der Waals surface area contributed by atoms with E-state index in [2.05, 4.69) is 21.2 Å². The van der Waals surface area contributed by atoms with Crippen molar-refractivity contribution >= 4 is 17.7 Å². The first-order valence-electron chi connectivity index (χ1n) is 8.49. The van der Waals surface area contributed by atoms with Gasteiger partial charge in [0.2, 0.25) is 5.91 Å². The summed E-state index contributed by atoms with van der Waals surface area (Å²) in [5.41, 5.74) is -2.28. The van der Waals surface area contributed by atoms with Gasteiger partial charge in [-0.25, -0.2) is 4.98 Å². The Labute approximate surface area is 170 Å². The van der Waals surface area contributed by atoms with Gasteiger partial charge in [-0.15, -0.1) is 0 Å². The van der Waals surface area contributed by atoms with Gasteiger partial charge in [-0.05, 0) is 30.5 Å². The molecule has 2 heterocycles. The zero-order chi connectivity index (χ0) is 22.8. The molecule has 3 rings (SSSR count). The van der Waals surface area contributed by atoms with E-state index >= 15 is 0 Å². The maximum atomic E-state index is 13.1. The van der Waals surface area contributed by atoms with Crippen LogP contribution in [0.2, 0.25) is 0 Å². The Hall–Kier alpha value is -3.66. The summed E-state index contributed by atoms with van der Waals surface area (Å²) >= 11 is 0. The van der Waals surface area contributed by atoms with E-state index in [0.29, 0.717) is 18.3 Å². The van der Waals surface area contributed by atoms with Crippen LogP contribution < -0.4 is 10.1 Å². The highest BCUT2D eigenvalue weighted by Crippen LogP contribution is 2.35. The second-order valence-electron chi connectivity index (χ2n) is 6.28. The van der Waals surface area contributed by atoms with Crippen molar-refractivity contribution in [2.45, 2.75) is 18.8 Å². The van der Waals surface area contributed by atoms with Crippen molar-refractivity contribution in [2.24, 2.45) is 10.9 Å². The summed E-state index contributed by atoms with van der Waals surface area (Å²) in [6.07, 6.45) is -5.61. The number of hydrogen-bond donors (Lipinski definition) is 1. The Balaban J connectivity index is 1.85. The van der Waals surface area contributed by atoms with Crippen LogP contribution in [0, 0.1) is 5.92 Å². The molecular weight excluding hydrogens is 432 g/mol. The van der Waals surface area contributed by atoms with Crippen LogP contribution in [-0.4, -0.2) is 28.8 Å². The summed E-state index contributed by atoms with van der Waals surface area (Å²) in [6.45, 7) is 0. The minimum absolute atomic E-state index is 0.0196. The lowest BCUT2D eigenvalue weighted by atomic mass is 9.93. The molecule has 0 spiro atoms. The van der Waals surface area contributed by atoms with Gasteiger partial charge in [-0.2, -0.15) is 31.3 Å². The number of aliphatic imine (C=N–C) groups is 1. The van der Waals surface area contributed by atoms with Crippen LogP contribution in [0.4, 0.5) is 26.3 Å². The second-order valence-corrected chi connectivity index (χ2v) is 6.28. The number of hydrogen-bond acceptors (Lipinski definition) is 4. The monoisotopic (exact) mass is 443 g/mol. The molecule has 0 saturated carbocycles. The molecular formula is C19H11F6N3O3. The molecule has 1 aliphatic carbocycles. The van der Waals surface area contributed by atoms with Gasteiger partial charge in [-0.1, -0.05) is 6.08 Å². The summed E-state index contributed by atoms with van der Waals surface area (Å²) in [7, 11) is 0. The quantitative estimate of drug-likeness (QED) is 0.721. The standard InChI is InChI=1S/C19H11F6N3O3/c20-18(21,22)10-1-3-13(17(30)28-11-5-6-26-16(29)8-11)14(7-10)31-12-2-4-15(27-9-12)19(23,24)25/h1-2,4-5,7-9,13H,3H2,(H,28,30). The molecule has 1 unspecified atom stereocenters. The first-order chi connectivity index (χ1) is 14.4. The lowest BCUT2D eigenvalue weighted by Gasteiger charge is -2.24. The van der Waals surface area contributed by atoms with Crippen molar-refractivity contribution in [3.8, 4) is 5.75 Å². The number of halogens is 6. The van der Waals surface area contributed by atoms with Gasteiger partial charge < -0.3 is 10.1 Å². The SMILES string of the molecule is O=C1C=C(NC(=O)C2CC=C(C(F)(F)F)C=C2Oc2ccc(C(F)(F)F)nc2)C=C=N1. The number of rotatable bonds is 4. The Morgan fingerprint density at radius 3 is 2.45 bits per heavy atom. The van der Waals surface area contributed by atoms with Gasteiger partial charge in [0.05, 0.1) is 23.4 Å². The van der Waals surface area contributed by atoms with Crippen LogP contribution in [0.3, 0.4) is 0 Å². The van der Waals surface area contributed by atoms with Crippen LogP contribution in [0.1, 0.15) is 12.1 Å². The molecule has 162 valence electrons. The van der Waals surface area contributed by atoms with E-state index in [1.54, 1.807) is 0 Å². The number of pyridine rings is 1. The normalized spacial score (nSPS) is 18.8. The minimum atomic E-state index is -4.73. The molecule has 0 saturated heterocycles. The van der Waals surface area contributed by atoms with Crippen molar-refractivity contribution in [3.63, 3.8) is 0 Å². The van der Waals surface area contributed by atoms with E-state index in [-0.39, 0.29) is 11.4 Å². The summed E-state index contributed by atoms with van der Waals surface area (Å²) in [4.78, 5) is 30.3. The first-order valence-corrected chi connectivity index (χ1v) is 8.49. The number of carbonyl (C=O) groups excluding carboxylic acids is 2. The van der Waals surface area contributed by atoms with Gasteiger partial charge in [0, 0.05) is 12.2 Å². The summed E-state index contributed by atoms with van der Waals surface area (Å²) < 4.78 is 82.5. The molecule has 0 fully saturated rings. The number of ether oxygens (including phenoxy) is 1. The van der Waals surface area contributed by atoms with Crippen LogP contribution in [-0.2, 0) is 15.8 Å². The zero-order valence-corrected chi connectivity index (χ0v) is 15.2. The number of allylic oxidation sites excluding steroid dienone is 4. The average Bonchev–Trinajstić information content (AvgIpc) is 2.67. The molecule has 1 atom stereocenters. The second kappa shape index (κ2) is 8.23. The van der Waals surface area contributed by atoms with Crippen molar-refractivity contribution in [1.82, 2.24) is 10.3 Å². The molecule has 0 radical (unpaired) electrons. The third kappa shape index (κ3) is 5.48. The highest BCUT2D eigenvalue weighted by atomic mass is 19.4. The van der Waals surface area contributed by atoms with Crippen molar-refractivity contribution < 1.29 is 40.7 Å². The number of carbonyl (C=O) groups is 2. The van der Waals surface area contributed by atoms with Crippen LogP contribution in [0.25, 0.3) is 0 Å². The molecule has 2 aliphatic rings. The number of nitrogens with zero attached hydrogens (tertiary/aromatic N) is 2. The fourth-order valence-electron chi connectivity index (χ4n) is 2.63. The molecule has 1 aromatic heterocycles. The molecule has 0 aromatic carbocycles. The predicted molar refractivity (Wildman–Crippen MR) is 93.4 cm³/mol. The van der Waals surface area contributed by atoms with Gasteiger partial charge >= 0.3 is 12.4 Å². The molecule has 12 heteroatoms. The van der Waals surface area contributed by atoms with Crippen LogP contribution >= 0.6 is 0 Å². The number of alkyl halides is 6. The van der Waals surface area contributed by atoms with E-state index in [4.69, 9.17) is 4.74 Å². The fourth-order valence-corrected chi connectivity index (χ4v) is 2.63. The zero-order valence-electron chi connectivity index (χ0n) is 15.2. The lowest BCUT2D eigenvalue weighted by Crippen LogP contribution is -2.34. The van der Waals surface area contributed by atoms with Crippen molar-refractivity contribution in [2.75, 3.05) is 0 Å². The largest absolute Gasteiger partial charge is 0.459 e. The van der Waals surface area contributed by atoms with Gasteiger partial charge in [-0.3, -0.25) is 9.59 Å². The third-order valence-electron chi connectivity index (χ3n) is 4.06. The molecule has 1 aliphatic heterocycles. The predicted octanol–water partition coefficient (Wildman–Crippen LogP) is 3.64. The topological polar surface area (TPSA) is 80.7 Å². The van der Waals surface area contributed by atoms with E-state index in [1.165, 1.54) is 6.08 Å². The molecule has 6 nitrogen and oxygen atoms in total. The number of amides is 2. The highest BCUT2D eigenvalue weighted by Gasteiger charge is 2.38. The lowest BCUT2D eigenvalue weighted by molar-refractivity contribution is -0.141. The smallest absolute Gasteiger partial charge is 0.433 e. The molecule has 0 bridgehead atoms. The number of nitrogens with one attached hydrogen (secondary N) is 1. The minimum Gasteiger partial charge on any atom is -0.459 e. The van der Waals surface area contributed by atoms with Crippen LogP contribution in [0.5, 0.6) is 5.75 Å². The Morgan fingerprint density at radius 2 is 1.87 bits per heavy atom.